The quantitative estimate of drug-likeness (QED) is 0.574. The third-order valence-corrected chi connectivity index (χ3v) is 2.60. The van der Waals surface area contributed by atoms with E-state index in [-0.39, 0.29) is 6.10 Å². The van der Waals surface area contributed by atoms with Crippen LogP contribution in [-0.2, 0) is 0 Å². The van der Waals surface area contributed by atoms with Crippen LogP contribution in [0.3, 0.4) is 0 Å². The first-order valence-electron chi connectivity index (χ1n) is 4.93. The van der Waals surface area contributed by atoms with Crippen molar-refractivity contribution in [1.29, 1.82) is 5.41 Å². The minimum atomic E-state index is -0.113. The van der Waals surface area contributed by atoms with Crippen molar-refractivity contribution in [2.45, 2.75) is 51.6 Å². The zero-order valence-corrected chi connectivity index (χ0v) is 7.84. The van der Waals surface area contributed by atoms with Crippen LogP contribution in [0.1, 0.15) is 45.4 Å². The summed E-state index contributed by atoms with van der Waals surface area (Å²) in [5.74, 6) is 0.588. The Bertz CT molecular complexity index is 156. The molecular formula is C10H19NO. The SMILES string of the molecule is CC1CCC(O)CCCC(=N)C1. The lowest BCUT2D eigenvalue weighted by Crippen LogP contribution is -2.07. The molecule has 1 fully saturated rings. The Balaban J connectivity index is 2.41. The highest BCUT2D eigenvalue weighted by molar-refractivity contribution is 5.81. The van der Waals surface area contributed by atoms with Gasteiger partial charge in [-0.2, -0.15) is 0 Å². The molecular weight excluding hydrogens is 150 g/mol. The fourth-order valence-corrected chi connectivity index (χ4v) is 1.80. The number of aliphatic hydroxyl groups excluding tert-OH is 1. The van der Waals surface area contributed by atoms with Crippen LogP contribution in [-0.4, -0.2) is 16.9 Å². The van der Waals surface area contributed by atoms with E-state index in [0.29, 0.717) is 5.92 Å². The Morgan fingerprint density at radius 2 is 2.08 bits per heavy atom. The minimum Gasteiger partial charge on any atom is -0.393 e. The molecule has 0 aliphatic heterocycles. The van der Waals surface area contributed by atoms with Crippen LogP contribution >= 0.6 is 0 Å². The van der Waals surface area contributed by atoms with E-state index in [4.69, 9.17) is 5.41 Å². The summed E-state index contributed by atoms with van der Waals surface area (Å²) in [5, 5.41) is 17.1. The van der Waals surface area contributed by atoms with Crippen molar-refractivity contribution < 1.29 is 5.11 Å². The lowest BCUT2D eigenvalue weighted by molar-refractivity contribution is 0.146. The van der Waals surface area contributed by atoms with Gasteiger partial charge in [-0.25, -0.2) is 0 Å². The van der Waals surface area contributed by atoms with Crippen LogP contribution in [0.4, 0.5) is 0 Å². The van der Waals surface area contributed by atoms with Crippen LogP contribution < -0.4 is 0 Å². The Morgan fingerprint density at radius 3 is 2.83 bits per heavy atom. The fraction of sp³-hybridized carbons (Fsp3) is 0.900. The molecule has 2 nitrogen and oxygen atoms in total. The molecule has 70 valence electrons. The minimum absolute atomic E-state index is 0.113. The van der Waals surface area contributed by atoms with E-state index < -0.39 is 0 Å². The van der Waals surface area contributed by atoms with Gasteiger partial charge < -0.3 is 10.5 Å². The molecule has 1 saturated carbocycles. The number of hydrogen-bond acceptors (Lipinski definition) is 2. The Kier molecular flexibility index (Phi) is 3.73. The Hall–Kier alpha value is -0.370. The summed E-state index contributed by atoms with van der Waals surface area (Å²) in [6.07, 6.45) is 5.59. The number of aliphatic hydroxyl groups is 1. The lowest BCUT2D eigenvalue weighted by Gasteiger charge is -2.10. The highest BCUT2D eigenvalue weighted by Gasteiger charge is 2.13. The molecule has 0 spiro atoms. The summed E-state index contributed by atoms with van der Waals surface area (Å²) >= 11 is 0. The highest BCUT2D eigenvalue weighted by atomic mass is 16.3. The number of nitrogens with one attached hydrogen (secondary N) is 1. The molecule has 2 atom stereocenters. The fourth-order valence-electron chi connectivity index (χ4n) is 1.80. The molecule has 0 heterocycles. The average Bonchev–Trinajstić information content (AvgIpc) is 2.05. The molecule has 1 aliphatic carbocycles. The van der Waals surface area contributed by atoms with Gasteiger partial charge in [-0.05, 0) is 44.4 Å². The zero-order valence-electron chi connectivity index (χ0n) is 7.84. The molecule has 12 heavy (non-hydrogen) atoms. The normalized spacial score (nSPS) is 33.7. The van der Waals surface area contributed by atoms with Gasteiger partial charge in [0.05, 0.1) is 6.10 Å². The Labute approximate surface area is 74.5 Å². The standard InChI is InChI=1S/C10H19NO/c1-8-5-6-10(12)4-2-3-9(11)7-8/h8,10-12H,2-7H2,1H3. The monoisotopic (exact) mass is 169 g/mol. The molecule has 2 heteroatoms. The molecule has 0 aromatic rings. The Morgan fingerprint density at radius 1 is 1.33 bits per heavy atom. The molecule has 0 aromatic heterocycles. The third kappa shape index (κ3) is 3.35. The molecule has 0 radical (unpaired) electrons. The predicted octanol–water partition coefficient (Wildman–Crippen LogP) is 2.36. The van der Waals surface area contributed by atoms with Crippen molar-refractivity contribution in [3.8, 4) is 0 Å². The van der Waals surface area contributed by atoms with Crippen molar-refractivity contribution in [3.63, 3.8) is 0 Å². The van der Waals surface area contributed by atoms with Gasteiger partial charge in [-0.3, -0.25) is 0 Å². The maximum absolute atomic E-state index is 9.47. The van der Waals surface area contributed by atoms with Crippen LogP contribution in [0.25, 0.3) is 0 Å². The average molecular weight is 169 g/mol. The van der Waals surface area contributed by atoms with E-state index in [1.807, 2.05) is 0 Å². The lowest BCUT2D eigenvalue weighted by atomic mass is 9.98. The molecule has 1 rings (SSSR count). The van der Waals surface area contributed by atoms with Crippen molar-refractivity contribution in [2.75, 3.05) is 0 Å². The topological polar surface area (TPSA) is 44.1 Å². The highest BCUT2D eigenvalue weighted by Crippen LogP contribution is 2.19. The van der Waals surface area contributed by atoms with E-state index in [2.05, 4.69) is 6.92 Å². The maximum Gasteiger partial charge on any atom is 0.0540 e. The van der Waals surface area contributed by atoms with Crippen LogP contribution in [0, 0.1) is 11.3 Å². The predicted molar refractivity (Wildman–Crippen MR) is 50.6 cm³/mol. The van der Waals surface area contributed by atoms with Crippen molar-refractivity contribution in [2.24, 2.45) is 5.92 Å². The molecule has 0 amide bonds. The van der Waals surface area contributed by atoms with Crippen molar-refractivity contribution in [3.05, 3.63) is 0 Å². The largest absolute Gasteiger partial charge is 0.393 e. The van der Waals surface area contributed by atoms with Crippen molar-refractivity contribution in [1.82, 2.24) is 0 Å². The summed E-state index contributed by atoms with van der Waals surface area (Å²) in [5.41, 5.74) is 0.872. The van der Waals surface area contributed by atoms with Crippen LogP contribution in [0.2, 0.25) is 0 Å². The molecule has 1 aliphatic rings. The summed E-state index contributed by atoms with van der Waals surface area (Å²) in [6.45, 7) is 2.17. The molecule has 2 unspecified atom stereocenters. The molecule has 0 saturated heterocycles. The number of hydrogen-bond donors (Lipinski definition) is 2. The van der Waals surface area contributed by atoms with E-state index in [0.717, 1.165) is 44.2 Å². The second kappa shape index (κ2) is 4.61. The first kappa shape index (κ1) is 9.72. The molecule has 0 aromatic carbocycles. The van der Waals surface area contributed by atoms with Crippen LogP contribution in [0.5, 0.6) is 0 Å². The van der Waals surface area contributed by atoms with E-state index in [1.165, 1.54) is 0 Å². The van der Waals surface area contributed by atoms with E-state index in [9.17, 15) is 5.11 Å². The summed E-state index contributed by atoms with van der Waals surface area (Å²) in [4.78, 5) is 0. The molecule has 0 bridgehead atoms. The van der Waals surface area contributed by atoms with Gasteiger partial charge in [0.1, 0.15) is 0 Å². The smallest absolute Gasteiger partial charge is 0.0540 e. The van der Waals surface area contributed by atoms with Gasteiger partial charge in [0.2, 0.25) is 0 Å². The van der Waals surface area contributed by atoms with E-state index in [1.54, 1.807) is 0 Å². The van der Waals surface area contributed by atoms with Gasteiger partial charge in [0.25, 0.3) is 0 Å². The van der Waals surface area contributed by atoms with Gasteiger partial charge in [0.15, 0.2) is 0 Å². The van der Waals surface area contributed by atoms with Gasteiger partial charge >= 0.3 is 0 Å². The van der Waals surface area contributed by atoms with Gasteiger partial charge in [-0.1, -0.05) is 6.92 Å². The van der Waals surface area contributed by atoms with Crippen LogP contribution in [0.15, 0.2) is 0 Å². The second-order valence-corrected chi connectivity index (χ2v) is 4.04. The number of rotatable bonds is 0. The van der Waals surface area contributed by atoms with Gasteiger partial charge in [-0.15, -0.1) is 0 Å². The third-order valence-electron chi connectivity index (χ3n) is 2.60. The first-order valence-corrected chi connectivity index (χ1v) is 4.93. The first-order chi connectivity index (χ1) is 5.68. The van der Waals surface area contributed by atoms with Crippen molar-refractivity contribution >= 4 is 5.71 Å². The summed E-state index contributed by atoms with van der Waals surface area (Å²) < 4.78 is 0. The summed E-state index contributed by atoms with van der Waals surface area (Å²) in [6, 6.07) is 0. The maximum atomic E-state index is 9.47. The molecule has 2 N–H and O–H groups in total. The zero-order chi connectivity index (χ0) is 8.97. The summed E-state index contributed by atoms with van der Waals surface area (Å²) in [7, 11) is 0. The van der Waals surface area contributed by atoms with E-state index >= 15 is 0 Å². The second-order valence-electron chi connectivity index (χ2n) is 4.04. The van der Waals surface area contributed by atoms with Gasteiger partial charge in [0, 0.05) is 5.71 Å².